The first kappa shape index (κ1) is 18.8. The Morgan fingerprint density at radius 2 is 1.85 bits per heavy atom. The minimum Gasteiger partial charge on any atom is -0.326 e. The molecule has 0 saturated heterocycles. The van der Waals surface area contributed by atoms with E-state index >= 15 is 0 Å². The number of pyridine rings is 1. The molecule has 0 radical (unpaired) electrons. The van der Waals surface area contributed by atoms with Gasteiger partial charge in [0.2, 0.25) is 5.91 Å². The van der Waals surface area contributed by atoms with Gasteiger partial charge in [-0.2, -0.15) is 0 Å². The molecule has 1 N–H and O–H groups in total. The van der Waals surface area contributed by atoms with Crippen LogP contribution in [-0.4, -0.2) is 16.7 Å². The SMILES string of the molecule is CC(=O)c1cccc(NC(=O)C(Cc2cccnc2)c2ccc(Cl)cc2)c1. The molecule has 1 atom stereocenters. The Labute approximate surface area is 163 Å². The van der Waals surface area contributed by atoms with Crippen LogP contribution in [0.2, 0.25) is 5.02 Å². The van der Waals surface area contributed by atoms with Crippen LogP contribution in [0.1, 0.15) is 34.3 Å². The molecular formula is C22H19ClN2O2. The van der Waals surface area contributed by atoms with Crippen LogP contribution in [0.4, 0.5) is 5.69 Å². The van der Waals surface area contributed by atoms with E-state index in [0.29, 0.717) is 22.7 Å². The van der Waals surface area contributed by atoms with Crippen molar-refractivity contribution in [1.29, 1.82) is 0 Å². The molecule has 27 heavy (non-hydrogen) atoms. The number of aromatic nitrogens is 1. The zero-order chi connectivity index (χ0) is 19.2. The lowest BCUT2D eigenvalue weighted by atomic mass is 9.91. The maximum Gasteiger partial charge on any atom is 0.232 e. The number of amides is 1. The highest BCUT2D eigenvalue weighted by molar-refractivity contribution is 6.30. The molecule has 3 rings (SSSR count). The molecule has 0 aliphatic carbocycles. The number of halogens is 1. The van der Waals surface area contributed by atoms with Gasteiger partial charge in [0.05, 0.1) is 5.92 Å². The Morgan fingerprint density at radius 3 is 2.52 bits per heavy atom. The number of nitrogens with zero attached hydrogens (tertiary/aromatic N) is 1. The van der Waals surface area contributed by atoms with Crippen molar-refractivity contribution in [1.82, 2.24) is 4.98 Å². The number of rotatable bonds is 6. The van der Waals surface area contributed by atoms with Crippen molar-refractivity contribution in [3.8, 4) is 0 Å². The minimum absolute atomic E-state index is 0.0456. The number of anilines is 1. The first-order chi connectivity index (χ1) is 13.0. The van der Waals surface area contributed by atoms with Gasteiger partial charge in [-0.15, -0.1) is 0 Å². The average Bonchev–Trinajstić information content (AvgIpc) is 2.68. The highest BCUT2D eigenvalue weighted by Gasteiger charge is 2.22. The van der Waals surface area contributed by atoms with Gasteiger partial charge in [-0.05, 0) is 54.8 Å². The quantitative estimate of drug-likeness (QED) is 0.620. The summed E-state index contributed by atoms with van der Waals surface area (Å²) in [7, 11) is 0. The molecule has 0 aliphatic heterocycles. The van der Waals surface area contributed by atoms with Crippen molar-refractivity contribution < 1.29 is 9.59 Å². The summed E-state index contributed by atoms with van der Waals surface area (Å²) in [6.07, 6.45) is 3.97. The fourth-order valence-corrected chi connectivity index (χ4v) is 2.98. The molecule has 0 aliphatic rings. The van der Waals surface area contributed by atoms with Crippen molar-refractivity contribution in [2.24, 2.45) is 0 Å². The highest BCUT2D eigenvalue weighted by atomic mass is 35.5. The molecule has 5 heteroatoms. The summed E-state index contributed by atoms with van der Waals surface area (Å²) in [6.45, 7) is 1.50. The van der Waals surface area contributed by atoms with Crippen LogP contribution in [0.25, 0.3) is 0 Å². The monoisotopic (exact) mass is 378 g/mol. The van der Waals surface area contributed by atoms with E-state index in [1.807, 2.05) is 24.3 Å². The number of carbonyl (C=O) groups is 2. The van der Waals surface area contributed by atoms with E-state index in [2.05, 4.69) is 10.3 Å². The van der Waals surface area contributed by atoms with Crippen LogP contribution < -0.4 is 5.32 Å². The van der Waals surface area contributed by atoms with Gasteiger partial charge in [-0.25, -0.2) is 0 Å². The maximum absolute atomic E-state index is 13.0. The number of carbonyl (C=O) groups excluding carboxylic acids is 2. The van der Waals surface area contributed by atoms with Gasteiger partial charge in [0, 0.05) is 28.7 Å². The molecule has 3 aromatic rings. The number of benzene rings is 2. The van der Waals surface area contributed by atoms with Crippen LogP contribution in [0, 0.1) is 0 Å². The second-order valence-corrected chi connectivity index (χ2v) is 6.73. The first-order valence-corrected chi connectivity index (χ1v) is 8.97. The number of ketones is 1. The number of hydrogen-bond acceptors (Lipinski definition) is 3. The Bertz CT molecular complexity index is 940. The Kier molecular flexibility index (Phi) is 5.99. The number of nitrogens with one attached hydrogen (secondary N) is 1. The lowest BCUT2D eigenvalue weighted by molar-refractivity contribution is -0.117. The molecule has 0 bridgehead atoms. The summed E-state index contributed by atoms with van der Waals surface area (Å²) in [5, 5.41) is 3.55. The minimum atomic E-state index is -0.410. The molecule has 1 heterocycles. The summed E-state index contributed by atoms with van der Waals surface area (Å²) >= 11 is 5.99. The molecule has 0 spiro atoms. The summed E-state index contributed by atoms with van der Waals surface area (Å²) in [5.41, 5.74) is 2.98. The van der Waals surface area contributed by atoms with E-state index < -0.39 is 5.92 Å². The first-order valence-electron chi connectivity index (χ1n) is 8.59. The zero-order valence-electron chi connectivity index (χ0n) is 14.9. The third-order valence-corrected chi connectivity index (χ3v) is 4.54. The standard InChI is InChI=1S/C22H19ClN2O2/c1-15(26)18-5-2-6-20(13-18)25-22(27)21(12-16-4-3-11-24-14-16)17-7-9-19(23)10-8-17/h2-11,13-14,21H,12H2,1H3,(H,25,27). The van der Waals surface area contributed by atoms with E-state index in [1.54, 1.807) is 48.8 Å². The van der Waals surface area contributed by atoms with Crippen molar-refractivity contribution in [3.63, 3.8) is 0 Å². The predicted octanol–water partition coefficient (Wildman–Crippen LogP) is 4.90. The van der Waals surface area contributed by atoms with Crippen LogP contribution >= 0.6 is 11.6 Å². The average molecular weight is 379 g/mol. The number of Topliss-reactive ketones (excluding diaryl/α,β-unsaturated/α-hetero) is 1. The normalized spacial score (nSPS) is 11.6. The Morgan fingerprint density at radius 1 is 1.07 bits per heavy atom. The van der Waals surface area contributed by atoms with Crippen LogP contribution in [0.3, 0.4) is 0 Å². The highest BCUT2D eigenvalue weighted by Crippen LogP contribution is 2.25. The van der Waals surface area contributed by atoms with Gasteiger partial charge in [0.1, 0.15) is 0 Å². The molecule has 1 unspecified atom stereocenters. The summed E-state index contributed by atoms with van der Waals surface area (Å²) < 4.78 is 0. The van der Waals surface area contributed by atoms with E-state index in [0.717, 1.165) is 11.1 Å². The molecule has 0 fully saturated rings. The van der Waals surface area contributed by atoms with Crippen molar-refractivity contribution in [3.05, 3.63) is 94.8 Å². The fraction of sp³-hybridized carbons (Fsp3) is 0.136. The van der Waals surface area contributed by atoms with Gasteiger partial charge < -0.3 is 5.32 Å². The molecule has 4 nitrogen and oxygen atoms in total. The topological polar surface area (TPSA) is 59.1 Å². The van der Waals surface area contributed by atoms with E-state index in [1.165, 1.54) is 6.92 Å². The van der Waals surface area contributed by atoms with E-state index in [9.17, 15) is 9.59 Å². The van der Waals surface area contributed by atoms with Gasteiger partial charge in [-0.3, -0.25) is 14.6 Å². The second kappa shape index (κ2) is 8.60. The predicted molar refractivity (Wildman–Crippen MR) is 107 cm³/mol. The lowest BCUT2D eigenvalue weighted by Crippen LogP contribution is -2.23. The molecule has 2 aromatic carbocycles. The van der Waals surface area contributed by atoms with Crippen molar-refractivity contribution >= 4 is 29.0 Å². The van der Waals surface area contributed by atoms with Crippen LogP contribution in [-0.2, 0) is 11.2 Å². The lowest BCUT2D eigenvalue weighted by Gasteiger charge is -2.18. The maximum atomic E-state index is 13.0. The Hall–Kier alpha value is -2.98. The molecule has 1 aromatic heterocycles. The molecule has 136 valence electrons. The summed E-state index contributed by atoms with van der Waals surface area (Å²) in [4.78, 5) is 28.7. The second-order valence-electron chi connectivity index (χ2n) is 6.30. The molecule has 0 saturated carbocycles. The largest absolute Gasteiger partial charge is 0.326 e. The van der Waals surface area contributed by atoms with Crippen molar-refractivity contribution in [2.45, 2.75) is 19.3 Å². The summed E-state index contributed by atoms with van der Waals surface area (Å²) in [6, 6.07) is 18.0. The third kappa shape index (κ3) is 5.02. The smallest absolute Gasteiger partial charge is 0.232 e. The van der Waals surface area contributed by atoms with E-state index in [4.69, 9.17) is 11.6 Å². The zero-order valence-corrected chi connectivity index (χ0v) is 15.6. The Balaban J connectivity index is 1.87. The van der Waals surface area contributed by atoms with Crippen molar-refractivity contribution in [2.75, 3.05) is 5.32 Å². The third-order valence-electron chi connectivity index (χ3n) is 4.29. The van der Waals surface area contributed by atoms with Gasteiger partial charge >= 0.3 is 0 Å². The fourth-order valence-electron chi connectivity index (χ4n) is 2.86. The van der Waals surface area contributed by atoms with Gasteiger partial charge in [0.25, 0.3) is 0 Å². The van der Waals surface area contributed by atoms with Gasteiger partial charge in [-0.1, -0.05) is 41.9 Å². The van der Waals surface area contributed by atoms with E-state index in [-0.39, 0.29) is 11.7 Å². The van der Waals surface area contributed by atoms with Gasteiger partial charge in [0.15, 0.2) is 5.78 Å². The molecular weight excluding hydrogens is 360 g/mol. The summed E-state index contributed by atoms with van der Waals surface area (Å²) in [5.74, 6) is -0.606. The molecule has 1 amide bonds. The van der Waals surface area contributed by atoms with Crippen LogP contribution in [0.15, 0.2) is 73.1 Å². The number of hydrogen-bond donors (Lipinski definition) is 1. The van der Waals surface area contributed by atoms with Crippen LogP contribution in [0.5, 0.6) is 0 Å².